The summed E-state index contributed by atoms with van der Waals surface area (Å²) in [5.41, 5.74) is 3.48. The van der Waals surface area contributed by atoms with Crippen LogP contribution in [0.2, 0.25) is 0 Å². The minimum atomic E-state index is 0.990. The van der Waals surface area contributed by atoms with Crippen LogP contribution in [0.4, 0.5) is 0 Å². The maximum Gasteiger partial charge on any atom is 0.146 e. The van der Waals surface area contributed by atoms with Crippen molar-refractivity contribution in [3.63, 3.8) is 0 Å². The first kappa shape index (κ1) is 11.0. The molecule has 0 aliphatic rings. The summed E-state index contributed by atoms with van der Waals surface area (Å²) in [5.74, 6) is 0. The molecule has 0 spiro atoms. The molecule has 3 heteroatoms. The zero-order valence-corrected chi connectivity index (χ0v) is 12.0. The second-order valence-electron chi connectivity index (χ2n) is 4.75. The van der Waals surface area contributed by atoms with Crippen LogP contribution in [0.25, 0.3) is 27.3 Å². The van der Waals surface area contributed by atoms with E-state index in [1.165, 1.54) is 27.2 Å². The number of nitrogens with zero attached hydrogens (tertiary/aromatic N) is 2. The van der Waals surface area contributed by atoms with Crippen LogP contribution in [-0.2, 0) is 0 Å². The van der Waals surface area contributed by atoms with Crippen LogP contribution in [0, 0.1) is 6.92 Å². The van der Waals surface area contributed by atoms with Gasteiger partial charge in [0.05, 0.1) is 11.7 Å². The normalized spacial score (nSPS) is 11.7. The fraction of sp³-hybridized carbons (Fsp3) is 0.0625. The molecule has 4 rings (SSSR count). The van der Waals surface area contributed by atoms with E-state index < -0.39 is 0 Å². The molecule has 4 aromatic rings. The summed E-state index contributed by atoms with van der Waals surface area (Å²) in [4.78, 5) is 4.54. The van der Waals surface area contributed by atoms with Gasteiger partial charge in [0.15, 0.2) is 0 Å². The van der Waals surface area contributed by atoms with Crippen molar-refractivity contribution in [2.75, 3.05) is 0 Å². The number of rotatable bonds is 0. The van der Waals surface area contributed by atoms with Gasteiger partial charge in [0.1, 0.15) is 10.3 Å². The number of halogens is 1. The van der Waals surface area contributed by atoms with Gasteiger partial charge >= 0.3 is 0 Å². The van der Waals surface area contributed by atoms with Crippen molar-refractivity contribution < 1.29 is 0 Å². The fourth-order valence-electron chi connectivity index (χ4n) is 2.84. The Kier molecular flexibility index (Phi) is 2.21. The van der Waals surface area contributed by atoms with Gasteiger partial charge < -0.3 is 0 Å². The molecule has 2 heterocycles. The molecule has 0 saturated heterocycles. The van der Waals surface area contributed by atoms with Crippen molar-refractivity contribution >= 4 is 43.3 Å². The Morgan fingerprint density at radius 2 is 1.79 bits per heavy atom. The van der Waals surface area contributed by atoms with Gasteiger partial charge in [-0.05, 0) is 39.9 Å². The number of pyridine rings is 1. The van der Waals surface area contributed by atoms with Gasteiger partial charge in [-0.15, -0.1) is 0 Å². The average Bonchev–Trinajstić information content (AvgIpc) is 2.82. The highest BCUT2D eigenvalue weighted by molar-refractivity contribution is 9.10. The Labute approximate surface area is 118 Å². The lowest BCUT2D eigenvalue weighted by molar-refractivity contribution is 1.23. The fourth-order valence-corrected chi connectivity index (χ4v) is 3.30. The highest BCUT2D eigenvalue weighted by Crippen LogP contribution is 2.32. The lowest BCUT2D eigenvalue weighted by Gasteiger charge is -2.10. The molecule has 0 unspecified atom stereocenters. The predicted molar refractivity (Wildman–Crippen MR) is 82.6 cm³/mol. The van der Waals surface area contributed by atoms with Crippen LogP contribution in [-0.4, -0.2) is 9.38 Å². The molecule has 0 radical (unpaired) electrons. The Morgan fingerprint density at radius 3 is 2.63 bits per heavy atom. The molecule has 19 heavy (non-hydrogen) atoms. The smallest absolute Gasteiger partial charge is 0.146 e. The van der Waals surface area contributed by atoms with E-state index >= 15 is 0 Å². The summed E-state index contributed by atoms with van der Waals surface area (Å²) < 4.78 is 3.16. The van der Waals surface area contributed by atoms with E-state index in [-0.39, 0.29) is 0 Å². The van der Waals surface area contributed by atoms with Gasteiger partial charge in [-0.3, -0.25) is 4.40 Å². The first-order chi connectivity index (χ1) is 9.27. The number of imidazole rings is 1. The van der Waals surface area contributed by atoms with E-state index in [1.54, 1.807) is 0 Å². The lowest BCUT2D eigenvalue weighted by atomic mass is 10.0. The molecule has 0 fully saturated rings. The Balaban J connectivity index is 2.49. The van der Waals surface area contributed by atoms with Gasteiger partial charge in [-0.25, -0.2) is 4.98 Å². The average molecular weight is 311 g/mol. The standard InChI is InChI=1S/C16H11BrN2/c1-10-5-4-8-13-15(10)11-6-2-3-7-12(11)16-18-9-14(17)19(13)16/h2-9H,1H3. The van der Waals surface area contributed by atoms with Gasteiger partial charge in [0, 0.05) is 10.8 Å². The third-order valence-electron chi connectivity index (χ3n) is 3.65. The molecular formula is C16H11BrN2. The number of hydrogen-bond acceptors (Lipinski definition) is 1. The summed E-state index contributed by atoms with van der Waals surface area (Å²) in [6.45, 7) is 2.16. The van der Waals surface area contributed by atoms with E-state index in [9.17, 15) is 0 Å². The van der Waals surface area contributed by atoms with Crippen molar-refractivity contribution in [2.45, 2.75) is 6.92 Å². The van der Waals surface area contributed by atoms with Gasteiger partial charge in [-0.1, -0.05) is 36.4 Å². The van der Waals surface area contributed by atoms with Crippen LogP contribution >= 0.6 is 15.9 Å². The molecule has 2 aromatic heterocycles. The van der Waals surface area contributed by atoms with Gasteiger partial charge in [0.2, 0.25) is 0 Å². The molecule has 0 aliphatic carbocycles. The van der Waals surface area contributed by atoms with Crippen molar-refractivity contribution in [2.24, 2.45) is 0 Å². The molecule has 0 saturated carbocycles. The van der Waals surface area contributed by atoms with Crippen molar-refractivity contribution in [1.82, 2.24) is 9.38 Å². The quantitative estimate of drug-likeness (QED) is 0.430. The summed E-state index contributed by atoms with van der Waals surface area (Å²) in [7, 11) is 0. The largest absolute Gasteiger partial charge is 0.286 e. The van der Waals surface area contributed by atoms with E-state index in [1.807, 2.05) is 6.20 Å². The maximum atomic E-state index is 4.54. The topological polar surface area (TPSA) is 17.3 Å². The zero-order chi connectivity index (χ0) is 13.0. The Morgan fingerprint density at radius 1 is 1.00 bits per heavy atom. The molecule has 0 bridgehead atoms. The maximum absolute atomic E-state index is 4.54. The molecule has 2 nitrogen and oxygen atoms in total. The number of hydrogen-bond donors (Lipinski definition) is 0. The zero-order valence-electron chi connectivity index (χ0n) is 10.4. The first-order valence-corrected chi connectivity index (χ1v) is 6.99. The molecule has 92 valence electrons. The predicted octanol–water partition coefficient (Wildman–Crippen LogP) is 4.71. The number of aromatic nitrogens is 2. The Bertz CT molecular complexity index is 938. The lowest BCUT2D eigenvalue weighted by Crippen LogP contribution is -1.93. The molecule has 0 N–H and O–H groups in total. The molecule has 0 atom stereocenters. The Hall–Kier alpha value is -1.87. The van der Waals surface area contributed by atoms with Crippen LogP contribution < -0.4 is 0 Å². The third kappa shape index (κ3) is 1.39. The monoisotopic (exact) mass is 310 g/mol. The minimum absolute atomic E-state index is 0.990. The molecular weight excluding hydrogens is 300 g/mol. The van der Waals surface area contributed by atoms with Gasteiger partial charge in [-0.2, -0.15) is 0 Å². The second-order valence-corrected chi connectivity index (χ2v) is 5.57. The SMILES string of the molecule is Cc1cccc2c1c1ccccc1c1ncc(Br)n21. The summed E-state index contributed by atoms with van der Waals surface area (Å²) in [6.07, 6.45) is 1.86. The number of fused-ring (bicyclic) bond motifs is 6. The molecule has 2 aromatic carbocycles. The minimum Gasteiger partial charge on any atom is -0.286 e. The second kappa shape index (κ2) is 3.81. The van der Waals surface area contributed by atoms with Crippen LogP contribution in [0.1, 0.15) is 5.56 Å². The number of aryl methyl sites for hydroxylation is 1. The summed E-state index contributed by atoms with van der Waals surface area (Å²) >= 11 is 3.60. The van der Waals surface area contributed by atoms with E-state index in [2.05, 4.69) is 74.7 Å². The highest BCUT2D eigenvalue weighted by atomic mass is 79.9. The van der Waals surface area contributed by atoms with Crippen molar-refractivity contribution in [1.29, 1.82) is 0 Å². The van der Waals surface area contributed by atoms with Gasteiger partial charge in [0.25, 0.3) is 0 Å². The van der Waals surface area contributed by atoms with Crippen LogP contribution in [0.15, 0.2) is 53.3 Å². The summed E-state index contributed by atoms with van der Waals surface area (Å²) in [6, 6.07) is 14.9. The van der Waals surface area contributed by atoms with Crippen molar-refractivity contribution in [3.8, 4) is 0 Å². The van der Waals surface area contributed by atoms with E-state index in [0.29, 0.717) is 0 Å². The highest BCUT2D eigenvalue weighted by Gasteiger charge is 2.12. The molecule has 0 aliphatic heterocycles. The van der Waals surface area contributed by atoms with E-state index in [4.69, 9.17) is 0 Å². The molecule has 0 amide bonds. The van der Waals surface area contributed by atoms with Crippen LogP contribution in [0.5, 0.6) is 0 Å². The van der Waals surface area contributed by atoms with Crippen LogP contribution in [0.3, 0.4) is 0 Å². The third-order valence-corrected chi connectivity index (χ3v) is 4.21. The number of benzene rings is 2. The van der Waals surface area contributed by atoms with E-state index in [0.717, 1.165) is 10.3 Å². The summed E-state index contributed by atoms with van der Waals surface area (Å²) in [5, 5.41) is 3.75. The van der Waals surface area contributed by atoms with Crippen molar-refractivity contribution in [3.05, 3.63) is 58.8 Å². The first-order valence-electron chi connectivity index (χ1n) is 6.20.